The monoisotopic (exact) mass is 374 g/mol. The lowest BCUT2D eigenvalue weighted by Crippen LogP contribution is -2.48. The summed E-state index contributed by atoms with van der Waals surface area (Å²) in [5.41, 5.74) is 0.831. The van der Waals surface area contributed by atoms with E-state index in [1.54, 1.807) is 21.9 Å². The maximum absolute atomic E-state index is 12.8. The number of nitro benzene ring substituents is 1. The van der Waals surface area contributed by atoms with Crippen LogP contribution in [-0.4, -0.2) is 65.8 Å². The number of carbonyl (C=O) groups excluding carboxylic acids is 2. The topological polar surface area (TPSA) is 87.0 Å². The van der Waals surface area contributed by atoms with Crippen LogP contribution < -0.4 is 4.90 Å². The van der Waals surface area contributed by atoms with Crippen molar-refractivity contribution in [1.29, 1.82) is 0 Å². The highest BCUT2D eigenvalue weighted by atomic mass is 16.6. The second-order valence-corrected chi connectivity index (χ2v) is 7.16. The van der Waals surface area contributed by atoms with Crippen molar-refractivity contribution in [2.24, 2.45) is 0 Å². The third-order valence-corrected chi connectivity index (χ3v) is 5.38. The Labute approximate surface area is 158 Å². The van der Waals surface area contributed by atoms with Crippen LogP contribution >= 0.6 is 0 Å². The fraction of sp³-hybridized carbons (Fsp3) is 0.579. The van der Waals surface area contributed by atoms with Crippen molar-refractivity contribution in [3.63, 3.8) is 0 Å². The Morgan fingerprint density at radius 2 is 1.56 bits per heavy atom. The van der Waals surface area contributed by atoms with Gasteiger partial charge >= 0.3 is 0 Å². The number of piperazine rings is 1. The summed E-state index contributed by atoms with van der Waals surface area (Å²) < 4.78 is 0. The SMILES string of the molecule is CC(=O)N1CCN(c2ccc(C(=O)N3CCCCCC3)cc2[N+](=O)[O-])CC1. The first kappa shape index (κ1) is 19.1. The predicted octanol–water partition coefficient (Wildman–Crippen LogP) is 2.28. The molecule has 2 heterocycles. The zero-order valence-electron chi connectivity index (χ0n) is 15.7. The van der Waals surface area contributed by atoms with Crippen molar-refractivity contribution < 1.29 is 14.5 Å². The largest absolute Gasteiger partial charge is 0.362 e. The van der Waals surface area contributed by atoms with Crippen molar-refractivity contribution in [3.05, 3.63) is 33.9 Å². The van der Waals surface area contributed by atoms with E-state index < -0.39 is 4.92 Å². The lowest BCUT2D eigenvalue weighted by molar-refractivity contribution is -0.384. The summed E-state index contributed by atoms with van der Waals surface area (Å²) in [6.07, 6.45) is 4.20. The van der Waals surface area contributed by atoms with Crippen molar-refractivity contribution in [2.45, 2.75) is 32.6 Å². The molecule has 2 aliphatic rings. The first-order valence-electron chi connectivity index (χ1n) is 9.55. The van der Waals surface area contributed by atoms with Crippen LogP contribution in [-0.2, 0) is 4.79 Å². The van der Waals surface area contributed by atoms with Gasteiger partial charge in [0.2, 0.25) is 5.91 Å². The molecule has 0 N–H and O–H groups in total. The van der Waals surface area contributed by atoms with E-state index >= 15 is 0 Å². The molecule has 3 rings (SSSR count). The van der Waals surface area contributed by atoms with Gasteiger partial charge in [-0.25, -0.2) is 0 Å². The van der Waals surface area contributed by atoms with E-state index in [0.717, 1.165) is 25.7 Å². The van der Waals surface area contributed by atoms with Gasteiger partial charge < -0.3 is 14.7 Å². The number of nitrogens with zero attached hydrogens (tertiary/aromatic N) is 4. The molecular weight excluding hydrogens is 348 g/mol. The highest BCUT2D eigenvalue weighted by molar-refractivity contribution is 5.95. The lowest BCUT2D eigenvalue weighted by Gasteiger charge is -2.35. The summed E-state index contributed by atoms with van der Waals surface area (Å²) in [6.45, 7) is 5.12. The number of benzene rings is 1. The quantitative estimate of drug-likeness (QED) is 0.598. The molecule has 0 atom stereocenters. The molecule has 2 fully saturated rings. The third-order valence-electron chi connectivity index (χ3n) is 5.38. The van der Waals surface area contributed by atoms with E-state index in [2.05, 4.69) is 0 Å². The molecule has 0 spiro atoms. The fourth-order valence-corrected chi connectivity index (χ4v) is 3.79. The molecular formula is C19H26N4O4. The van der Waals surface area contributed by atoms with E-state index in [1.165, 1.54) is 13.0 Å². The lowest BCUT2D eigenvalue weighted by atomic mass is 10.1. The fourth-order valence-electron chi connectivity index (χ4n) is 3.79. The maximum atomic E-state index is 12.8. The van der Waals surface area contributed by atoms with Gasteiger partial charge in [0.15, 0.2) is 0 Å². The molecule has 0 aliphatic carbocycles. The van der Waals surface area contributed by atoms with Crippen LogP contribution in [0.25, 0.3) is 0 Å². The Kier molecular flexibility index (Phi) is 5.93. The smallest absolute Gasteiger partial charge is 0.293 e. The van der Waals surface area contributed by atoms with Crippen LogP contribution in [0.5, 0.6) is 0 Å². The summed E-state index contributed by atoms with van der Waals surface area (Å²) in [6, 6.07) is 4.76. The van der Waals surface area contributed by atoms with Gasteiger partial charge in [-0.15, -0.1) is 0 Å². The van der Waals surface area contributed by atoms with Crippen LogP contribution in [0, 0.1) is 10.1 Å². The zero-order chi connectivity index (χ0) is 19.4. The van der Waals surface area contributed by atoms with Gasteiger partial charge in [-0.05, 0) is 25.0 Å². The first-order chi connectivity index (χ1) is 13.0. The molecule has 1 aromatic carbocycles. The number of carbonyl (C=O) groups is 2. The van der Waals surface area contributed by atoms with Gasteiger partial charge in [0.1, 0.15) is 5.69 Å². The van der Waals surface area contributed by atoms with Crippen molar-refractivity contribution in [1.82, 2.24) is 9.80 Å². The molecule has 0 bridgehead atoms. The number of anilines is 1. The van der Waals surface area contributed by atoms with Crippen LogP contribution in [0.3, 0.4) is 0 Å². The minimum Gasteiger partial charge on any atom is -0.362 e. The van der Waals surface area contributed by atoms with E-state index in [0.29, 0.717) is 50.5 Å². The normalized spacial score (nSPS) is 18.2. The number of hydrogen-bond donors (Lipinski definition) is 0. The number of nitro groups is 1. The van der Waals surface area contributed by atoms with E-state index in [-0.39, 0.29) is 17.5 Å². The number of amides is 2. The van der Waals surface area contributed by atoms with Gasteiger partial charge in [-0.3, -0.25) is 19.7 Å². The molecule has 0 aromatic heterocycles. The molecule has 1 aromatic rings. The number of likely N-dealkylation sites (tertiary alicyclic amines) is 1. The molecule has 0 saturated carbocycles. The molecule has 8 nitrogen and oxygen atoms in total. The van der Waals surface area contributed by atoms with Crippen LogP contribution in [0.4, 0.5) is 11.4 Å². The summed E-state index contributed by atoms with van der Waals surface area (Å²) in [4.78, 5) is 40.9. The summed E-state index contributed by atoms with van der Waals surface area (Å²) in [7, 11) is 0. The number of rotatable bonds is 3. The standard InChI is InChI=1S/C19H26N4O4/c1-15(24)20-10-12-21(13-11-20)17-7-6-16(14-18(17)23(26)27)19(25)22-8-4-2-3-5-9-22/h6-7,14H,2-5,8-13H2,1H3. The van der Waals surface area contributed by atoms with Gasteiger partial charge in [0, 0.05) is 57.8 Å². The Morgan fingerprint density at radius 1 is 0.926 bits per heavy atom. The van der Waals surface area contributed by atoms with Crippen molar-refractivity contribution in [2.75, 3.05) is 44.2 Å². The molecule has 0 unspecified atom stereocenters. The number of hydrogen-bond acceptors (Lipinski definition) is 5. The Bertz CT molecular complexity index is 720. The minimum absolute atomic E-state index is 0.0162. The second-order valence-electron chi connectivity index (χ2n) is 7.16. The molecule has 0 radical (unpaired) electrons. The highest BCUT2D eigenvalue weighted by Gasteiger charge is 2.27. The molecule has 27 heavy (non-hydrogen) atoms. The van der Waals surface area contributed by atoms with Crippen molar-refractivity contribution >= 4 is 23.2 Å². The maximum Gasteiger partial charge on any atom is 0.293 e. The van der Waals surface area contributed by atoms with Gasteiger partial charge in [0.25, 0.3) is 11.6 Å². The predicted molar refractivity (Wildman–Crippen MR) is 102 cm³/mol. The van der Waals surface area contributed by atoms with Gasteiger partial charge in [-0.1, -0.05) is 12.8 Å². The minimum atomic E-state index is -0.425. The van der Waals surface area contributed by atoms with Crippen LogP contribution in [0.1, 0.15) is 43.0 Å². The van der Waals surface area contributed by atoms with Crippen LogP contribution in [0.2, 0.25) is 0 Å². The Hall–Kier alpha value is -2.64. The van der Waals surface area contributed by atoms with E-state index in [9.17, 15) is 19.7 Å². The van der Waals surface area contributed by atoms with Crippen molar-refractivity contribution in [3.8, 4) is 0 Å². The molecule has 2 saturated heterocycles. The molecule has 2 amide bonds. The summed E-state index contributed by atoms with van der Waals surface area (Å²) in [5, 5.41) is 11.6. The summed E-state index contributed by atoms with van der Waals surface area (Å²) in [5.74, 6) is -0.115. The highest BCUT2D eigenvalue weighted by Crippen LogP contribution is 2.30. The summed E-state index contributed by atoms with van der Waals surface area (Å²) >= 11 is 0. The van der Waals surface area contributed by atoms with Gasteiger partial charge in [0.05, 0.1) is 4.92 Å². The second kappa shape index (κ2) is 8.37. The van der Waals surface area contributed by atoms with Gasteiger partial charge in [-0.2, -0.15) is 0 Å². The zero-order valence-corrected chi connectivity index (χ0v) is 15.7. The molecule has 146 valence electrons. The molecule has 8 heteroatoms. The average Bonchev–Trinajstić information content (AvgIpc) is 2.96. The van der Waals surface area contributed by atoms with Crippen LogP contribution in [0.15, 0.2) is 18.2 Å². The Balaban J connectivity index is 1.80. The Morgan fingerprint density at radius 3 is 2.11 bits per heavy atom. The first-order valence-corrected chi connectivity index (χ1v) is 9.55. The molecule has 2 aliphatic heterocycles. The average molecular weight is 374 g/mol. The van der Waals surface area contributed by atoms with E-state index in [1.807, 2.05) is 4.90 Å². The van der Waals surface area contributed by atoms with E-state index in [4.69, 9.17) is 0 Å². The third kappa shape index (κ3) is 4.37.